The summed E-state index contributed by atoms with van der Waals surface area (Å²) in [6.45, 7) is 8.11. The van der Waals surface area contributed by atoms with E-state index < -0.39 is 29.9 Å². The molecule has 0 N–H and O–H groups in total. The zero-order valence-electron chi connectivity index (χ0n) is 19.7. The van der Waals surface area contributed by atoms with Gasteiger partial charge in [-0.2, -0.15) is 0 Å². The van der Waals surface area contributed by atoms with E-state index in [1.807, 2.05) is 6.92 Å². The van der Waals surface area contributed by atoms with E-state index in [1.165, 1.54) is 57.8 Å². The van der Waals surface area contributed by atoms with Crippen LogP contribution in [0, 0.1) is 0 Å². The number of esters is 2. The van der Waals surface area contributed by atoms with E-state index in [0.29, 0.717) is 12.8 Å². The van der Waals surface area contributed by atoms with Gasteiger partial charge >= 0.3 is 11.9 Å². The molecular weight excluding hydrogens is 384 g/mol. The van der Waals surface area contributed by atoms with Crippen molar-refractivity contribution >= 4 is 11.9 Å². The first-order chi connectivity index (χ1) is 14.5. The van der Waals surface area contributed by atoms with Gasteiger partial charge in [0.2, 0.25) is 0 Å². The van der Waals surface area contributed by atoms with Crippen LogP contribution in [0.15, 0.2) is 0 Å². The first-order valence-electron chi connectivity index (χ1n) is 12.2. The zero-order valence-corrected chi connectivity index (χ0v) is 19.7. The Kier molecular flexibility index (Phi) is 14.0. The third kappa shape index (κ3) is 9.34. The molecule has 1 aliphatic rings. The highest BCUT2D eigenvalue weighted by atomic mass is 16.8. The zero-order chi connectivity index (χ0) is 22.2. The van der Waals surface area contributed by atoms with Crippen LogP contribution in [-0.4, -0.2) is 43.1 Å². The fraction of sp³-hybridized carbons (Fsp3) is 0.917. The molecule has 2 atom stereocenters. The van der Waals surface area contributed by atoms with Crippen molar-refractivity contribution in [1.29, 1.82) is 0 Å². The first-order valence-corrected chi connectivity index (χ1v) is 12.2. The minimum absolute atomic E-state index is 0.228. The van der Waals surface area contributed by atoms with E-state index in [4.69, 9.17) is 18.9 Å². The lowest BCUT2D eigenvalue weighted by molar-refractivity contribution is -0.194. The van der Waals surface area contributed by atoms with Crippen molar-refractivity contribution in [1.82, 2.24) is 0 Å². The number of unbranched alkanes of at least 4 members (excludes halogenated alkanes) is 10. The number of hydrogen-bond donors (Lipinski definition) is 0. The lowest BCUT2D eigenvalue weighted by Crippen LogP contribution is -2.39. The Hall–Kier alpha value is -1.14. The molecule has 0 amide bonds. The van der Waals surface area contributed by atoms with Gasteiger partial charge in [-0.3, -0.25) is 0 Å². The van der Waals surface area contributed by atoms with E-state index >= 15 is 0 Å². The van der Waals surface area contributed by atoms with Crippen LogP contribution in [0.25, 0.3) is 0 Å². The van der Waals surface area contributed by atoms with E-state index in [1.54, 1.807) is 13.8 Å². The summed E-state index contributed by atoms with van der Waals surface area (Å²) in [5.74, 6) is -2.05. The van der Waals surface area contributed by atoms with Crippen LogP contribution in [0.3, 0.4) is 0 Å². The van der Waals surface area contributed by atoms with Crippen LogP contribution >= 0.6 is 0 Å². The molecule has 0 spiro atoms. The number of hydrogen-bond acceptors (Lipinski definition) is 6. The fourth-order valence-corrected chi connectivity index (χ4v) is 3.93. The second-order valence-electron chi connectivity index (χ2n) is 8.13. The molecule has 1 saturated heterocycles. The van der Waals surface area contributed by atoms with Gasteiger partial charge in [-0.25, -0.2) is 9.59 Å². The minimum Gasteiger partial charge on any atom is -0.464 e. The summed E-state index contributed by atoms with van der Waals surface area (Å²) in [6, 6.07) is 0. The average molecular weight is 429 g/mol. The van der Waals surface area contributed by atoms with Crippen molar-refractivity contribution in [2.75, 3.05) is 13.2 Å². The molecule has 6 heteroatoms. The maximum Gasteiger partial charge on any atom is 0.338 e. The maximum absolute atomic E-state index is 12.3. The standard InChI is InChI=1S/C24H44O6/c1-5-9-10-11-12-13-14-15-16-17-18-19-24(6-2)29-20(22(25)27-7-3)21(30-24)23(26)28-8-4/h20-21H,5-19H2,1-4H3. The second kappa shape index (κ2) is 15.6. The maximum atomic E-state index is 12.3. The smallest absolute Gasteiger partial charge is 0.338 e. The van der Waals surface area contributed by atoms with Gasteiger partial charge in [-0.1, -0.05) is 78.1 Å². The summed E-state index contributed by atoms with van der Waals surface area (Å²) in [4.78, 5) is 24.6. The van der Waals surface area contributed by atoms with Crippen LogP contribution in [0.4, 0.5) is 0 Å². The number of carbonyl (C=O) groups is 2. The molecule has 0 saturated carbocycles. The van der Waals surface area contributed by atoms with Crippen molar-refractivity contribution in [2.24, 2.45) is 0 Å². The van der Waals surface area contributed by atoms with Crippen LogP contribution < -0.4 is 0 Å². The Labute approximate surface area is 183 Å². The highest BCUT2D eigenvalue weighted by Gasteiger charge is 2.53. The van der Waals surface area contributed by atoms with Crippen LogP contribution in [0.5, 0.6) is 0 Å². The van der Waals surface area contributed by atoms with Crippen LogP contribution in [0.1, 0.15) is 111 Å². The monoisotopic (exact) mass is 428 g/mol. The minimum atomic E-state index is -1.06. The van der Waals surface area contributed by atoms with Gasteiger partial charge in [0.1, 0.15) is 0 Å². The van der Waals surface area contributed by atoms with Crippen LogP contribution in [0.2, 0.25) is 0 Å². The molecule has 0 aromatic carbocycles. The molecule has 1 aliphatic heterocycles. The SMILES string of the molecule is CCCCCCCCCCCCCC1(CC)OC(C(=O)OCC)C(C(=O)OCC)O1. The van der Waals surface area contributed by atoms with Gasteiger partial charge in [0.15, 0.2) is 18.0 Å². The third-order valence-electron chi connectivity index (χ3n) is 5.70. The van der Waals surface area contributed by atoms with E-state index in [9.17, 15) is 9.59 Å². The van der Waals surface area contributed by atoms with E-state index in [0.717, 1.165) is 12.8 Å². The Morgan fingerprint density at radius 1 is 0.667 bits per heavy atom. The summed E-state index contributed by atoms with van der Waals surface area (Å²) in [6.07, 6.45) is 13.0. The predicted octanol–water partition coefficient (Wildman–Crippen LogP) is 5.70. The summed E-state index contributed by atoms with van der Waals surface area (Å²) in [5.41, 5.74) is 0. The largest absolute Gasteiger partial charge is 0.464 e. The molecule has 0 aromatic rings. The van der Waals surface area contributed by atoms with Gasteiger partial charge in [-0.15, -0.1) is 0 Å². The molecule has 0 aliphatic carbocycles. The molecule has 176 valence electrons. The predicted molar refractivity (Wildman–Crippen MR) is 117 cm³/mol. The molecule has 2 unspecified atom stereocenters. The van der Waals surface area contributed by atoms with Crippen molar-refractivity contribution in [3.8, 4) is 0 Å². The Morgan fingerprint density at radius 3 is 1.43 bits per heavy atom. The highest BCUT2D eigenvalue weighted by Crippen LogP contribution is 2.37. The lowest BCUT2D eigenvalue weighted by Gasteiger charge is -2.26. The van der Waals surface area contributed by atoms with E-state index in [2.05, 4.69) is 6.92 Å². The fourth-order valence-electron chi connectivity index (χ4n) is 3.93. The van der Waals surface area contributed by atoms with Gasteiger partial charge in [0.25, 0.3) is 0 Å². The highest BCUT2D eigenvalue weighted by molar-refractivity contribution is 5.86. The number of ether oxygens (including phenoxy) is 4. The molecule has 0 radical (unpaired) electrons. The normalized spacial score (nSPS) is 23.5. The molecular formula is C24H44O6. The summed E-state index contributed by atoms with van der Waals surface area (Å²) >= 11 is 0. The number of rotatable bonds is 17. The van der Waals surface area contributed by atoms with Gasteiger partial charge < -0.3 is 18.9 Å². The lowest BCUT2D eigenvalue weighted by atomic mass is 10.0. The van der Waals surface area contributed by atoms with Gasteiger partial charge in [0.05, 0.1) is 13.2 Å². The summed E-state index contributed by atoms with van der Waals surface area (Å²) in [5, 5.41) is 0. The van der Waals surface area contributed by atoms with Crippen molar-refractivity contribution in [3.05, 3.63) is 0 Å². The van der Waals surface area contributed by atoms with Crippen LogP contribution in [-0.2, 0) is 28.5 Å². The molecule has 0 aromatic heterocycles. The molecule has 6 nitrogen and oxygen atoms in total. The molecule has 0 bridgehead atoms. The Morgan fingerprint density at radius 2 is 1.07 bits per heavy atom. The third-order valence-corrected chi connectivity index (χ3v) is 5.70. The van der Waals surface area contributed by atoms with Crippen molar-refractivity contribution in [2.45, 2.75) is 129 Å². The Bertz CT molecular complexity index is 452. The van der Waals surface area contributed by atoms with Crippen molar-refractivity contribution < 1.29 is 28.5 Å². The molecule has 1 fully saturated rings. The first kappa shape index (κ1) is 26.9. The quantitative estimate of drug-likeness (QED) is 0.218. The topological polar surface area (TPSA) is 71.1 Å². The molecule has 30 heavy (non-hydrogen) atoms. The Balaban J connectivity index is 2.39. The van der Waals surface area contributed by atoms with Gasteiger partial charge in [-0.05, 0) is 26.7 Å². The second-order valence-corrected chi connectivity index (χ2v) is 8.13. The summed E-state index contributed by atoms with van der Waals surface area (Å²) in [7, 11) is 0. The average Bonchev–Trinajstić information content (AvgIpc) is 3.13. The molecule has 1 heterocycles. The van der Waals surface area contributed by atoms with Crippen molar-refractivity contribution in [3.63, 3.8) is 0 Å². The molecule has 1 rings (SSSR count). The number of carbonyl (C=O) groups excluding carboxylic acids is 2. The summed E-state index contributed by atoms with van der Waals surface area (Å²) < 4.78 is 22.1. The van der Waals surface area contributed by atoms with Gasteiger partial charge in [0, 0.05) is 6.42 Å². The van der Waals surface area contributed by atoms with E-state index in [-0.39, 0.29) is 13.2 Å².